The van der Waals surface area contributed by atoms with Gasteiger partial charge in [-0.25, -0.2) is 9.07 Å². The zero-order valence-corrected chi connectivity index (χ0v) is 17.8. The zero-order chi connectivity index (χ0) is 20.7. The fourth-order valence-corrected chi connectivity index (χ4v) is 5.93. The quantitative estimate of drug-likeness (QED) is 0.622. The number of halogens is 1. The maximum Gasteiger partial charge on any atom is 0.123 e. The number of fused-ring (bicyclic) bond motifs is 2. The fraction of sp³-hybridized carbons (Fsp3) is 0.391. The first-order valence-corrected chi connectivity index (χ1v) is 11.3. The molecule has 2 heterocycles. The number of aliphatic hydroxyl groups is 1. The Morgan fingerprint density at radius 1 is 1.23 bits per heavy atom. The third-order valence-electron chi connectivity index (χ3n) is 6.45. The first kappa shape index (κ1) is 19.6. The first-order valence-electron chi connectivity index (χ1n) is 10.3. The van der Waals surface area contributed by atoms with Crippen LogP contribution in [0.3, 0.4) is 0 Å². The molecular weight excluding hydrogens is 399 g/mol. The average Bonchev–Trinajstić information content (AvgIpc) is 3.36. The summed E-state index contributed by atoms with van der Waals surface area (Å²) in [5, 5.41) is 19.3. The van der Waals surface area contributed by atoms with Crippen molar-refractivity contribution in [3.05, 3.63) is 65.5 Å². The molecule has 1 fully saturated rings. The number of aryl methyl sites for hydroxylation is 1. The Bertz CT molecular complexity index is 1090. The number of benzene rings is 1. The number of nitrogens with zero attached hydrogens (tertiary/aromatic N) is 4. The van der Waals surface area contributed by atoms with Crippen molar-refractivity contribution in [2.24, 2.45) is 18.4 Å². The van der Waals surface area contributed by atoms with Gasteiger partial charge in [-0.1, -0.05) is 5.57 Å². The molecule has 0 radical (unpaired) electrons. The van der Waals surface area contributed by atoms with Gasteiger partial charge in [0.2, 0.25) is 0 Å². The van der Waals surface area contributed by atoms with Crippen molar-refractivity contribution in [2.75, 3.05) is 12.4 Å². The third-order valence-corrected chi connectivity index (χ3v) is 7.63. The Balaban J connectivity index is 1.37. The largest absolute Gasteiger partial charge is 0.395 e. The van der Waals surface area contributed by atoms with Crippen LogP contribution in [0.1, 0.15) is 30.5 Å². The number of thioether (sulfide) groups is 1. The van der Waals surface area contributed by atoms with Crippen molar-refractivity contribution in [3.8, 4) is 5.69 Å². The molecule has 1 aromatic carbocycles. The second-order valence-corrected chi connectivity index (χ2v) is 9.59. The predicted molar refractivity (Wildman–Crippen MR) is 116 cm³/mol. The number of aliphatic hydroxyl groups excluding tert-OH is 1. The highest BCUT2D eigenvalue weighted by molar-refractivity contribution is 7.99. The van der Waals surface area contributed by atoms with E-state index in [4.69, 9.17) is 0 Å². The summed E-state index contributed by atoms with van der Waals surface area (Å²) in [4.78, 5) is 1.20. The SMILES string of the molecule is Cn1cc(SC[C@H]2CCC3=Cc4c(cnn4-c4ccc(F)cc4)C[C@]3(CO)C2)cn1. The Morgan fingerprint density at radius 3 is 2.80 bits per heavy atom. The molecule has 0 spiro atoms. The molecule has 5 nitrogen and oxygen atoms in total. The molecule has 2 aliphatic rings. The van der Waals surface area contributed by atoms with Gasteiger partial charge in [-0.05, 0) is 67.5 Å². The van der Waals surface area contributed by atoms with Crippen LogP contribution >= 0.6 is 11.8 Å². The molecule has 156 valence electrons. The van der Waals surface area contributed by atoms with Gasteiger partial charge in [-0.2, -0.15) is 10.2 Å². The molecule has 0 aliphatic heterocycles. The molecule has 2 aliphatic carbocycles. The van der Waals surface area contributed by atoms with E-state index in [1.165, 1.54) is 22.6 Å². The highest BCUT2D eigenvalue weighted by Crippen LogP contribution is 2.50. The number of hydrogen-bond acceptors (Lipinski definition) is 4. The van der Waals surface area contributed by atoms with Crippen LogP contribution in [0.2, 0.25) is 0 Å². The van der Waals surface area contributed by atoms with Gasteiger partial charge in [-0.15, -0.1) is 11.8 Å². The lowest BCUT2D eigenvalue weighted by Crippen LogP contribution is -2.39. The summed E-state index contributed by atoms with van der Waals surface area (Å²) in [6, 6.07) is 6.42. The Hall–Kier alpha value is -2.38. The summed E-state index contributed by atoms with van der Waals surface area (Å²) in [6.07, 6.45) is 12.0. The number of hydrogen-bond donors (Lipinski definition) is 1. The molecule has 0 amide bonds. The van der Waals surface area contributed by atoms with Crippen LogP contribution in [0.4, 0.5) is 4.39 Å². The van der Waals surface area contributed by atoms with Crippen molar-refractivity contribution in [2.45, 2.75) is 30.6 Å². The minimum absolute atomic E-state index is 0.161. The van der Waals surface area contributed by atoms with Crippen LogP contribution in [-0.4, -0.2) is 37.0 Å². The molecule has 2 atom stereocenters. The standard InChI is InChI=1S/C23H25FN4OS/c1-27-13-21(12-25-27)30-14-16-2-3-18-8-22-17(10-23(18,9-16)15-29)11-26-28(22)20-6-4-19(24)5-7-20/h4-8,11-13,16,29H,2-3,9-10,14-15H2,1H3/t16-,23-/m0/s1. The molecular formula is C23H25FN4OS. The van der Waals surface area contributed by atoms with Gasteiger partial charge < -0.3 is 5.11 Å². The van der Waals surface area contributed by atoms with Crippen LogP contribution in [0, 0.1) is 17.2 Å². The highest BCUT2D eigenvalue weighted by Gasteiger charge is 2.43. The van der Waals surface area contributed by atoms with Gasteiger partial charge in [0.15, 0.2) is 0 Å². The third kappa shape index (κ3) is 3.50. The lowest BCUT2D eigenvalue weighted by Gasteiger charge is -2.44. The second kappa shape index (κ2) is 7.71. The zero-order valence-electron chi connectivity index (χ0n) is 17.0. The Morgan fingerprint density at radius 2 is 2.07 bits per heavy atom. The molecule has 1 saturated carbocycles. The summed E-state index contributed by atoms with van der Waals surface area (Å²) in [7, 11) is 1.94. The van der Waals surface area contributed by atoms with E-state index in [9.17, 15) is 9.50 Å². The van der Waals surface area contributed by atoms with E-state index in [2.05, 4.69) is 22.5 Å². The molecule has 7 heteroatoms. The molecule has 0 saturated heterocycles. The average molecular weight is 425 g/mol. The normalized spacial score (nSPS) is 23.0. The summed E-state index contributed by atoms with van der Waals surface area (Å²) < 4.78 is 17.0. The van der Waals surface area contributed by atoms with Crippen molar-refractivity contribution >= 4 is 17.8 Å². The first-order chi connectivity index (χ1) is 14.6. The van der Waals surface area contributed by atoms with Crippen molar-refractivity contribution < 1.29 is 9.50 Å². The van der Waals surface area contributed by atoms with Crippen LogP contribution in [0.25, 0.3) is 11.8 Å². The van der Waals surface area contributed by atoms with E-state index in [1.54, 1.807) is 12.1 Å². The maximum atomic E-state index is 13.3. The van der Waals surface area contributed by atoms with E-state index in [1.807, 2.05) is 40.6 Å². The smallest absolute Gasteiger partial charge is 0.123 e. The van der Waals surface area contributed by atoms with Gasteiger partial charge in [0.05, 0.1) is 30.4 Å². The fourth-order valence-electron chi connectivity index (χ4n) is 4.87. The summed E-state index contributed by atoms with van der Waals surface area (Å²) in [5.74, 6) is 1.36. The highest BCUT2D eigenvalue weighted by atomic mass is 32.2. The molecule has 0 unspecified atom stereocenters. The summed E-state index contributed by atoms with van der Waals surface area (Å²) >= 11 is 1.85. The summed E-state index contributed by atoms with van der Waals surface area (Å²) in [6.45, 7) is 0.161. The maximum absolute atomic E-state index is 13.3. The predicted octanol–water partition coefficient (Wildman–Crippen LogP) is 4.26. The number of rotatable bonds is 5. The van der Waals surface area contributed by atoms with E-state index in [0.717, 1.165) is 48.4 Å². The van der Waals surface area contributed by atoms with E-state index in [0.29, 0.717) is 5.92 Å². The lowest BCUT2D eigenvalue weighted by molar-refractivity contribution is 0.109. The molecule has 30 heavy (non-hydrogen) atoms. The van der Waals surface area contributed by atoms with Crippen LogP contribution in [0.15, 0.2) is 53.3 Å². The van der Waals surface area contributed by atoms with Crippen molar-refractivity contribution in [3.63, 3.8) is 0 Å². The van der Waals surface area contributed by atoms with Gasteiger partial charge in [0.25, 0.3) is 0 Å². The monoisotopic (exact) mass is 424 g/mol. The lowest BCUT2D eigenvalue weighted by atomic mass is 9.62. The number of aromatic nitrogens is 4. The minimum Gasteiger partial charge on any atom is -0.395 e. The van der Waals surface area contributed by atoms with Crippen molar-refractivity contribution in [1.29, 1.82) is 0 Å². The molecule has 2 aromatic heterocycles. The van der Waals surface area contributed by atoms with Crippen LogP contribution < -0.4 is 0 Å². The Kier molecular flexibility index (Phi) is 5.03. The topological polar surface area (TPSA) is 55.9 Å². The molecule has 0 bridgehead atoms. The van der Waals surface area contributed by atoms with Crippen LogP contribution in [0.5, 0.6) is 0 Å². The Labute approximate surface area is 179 Å². The van der Waals surface area contributed by atoms with Gasteiger partial charge in [-0.3, -0.25) is 4.68 Å². The van der Waals surface area contributed by atoms with Gasteiger partial charge in [0, 0.05) is 29.3 Å². The van der Waals surface area contributed by atoms with E-state index in [-0.39, 0.29) is 17.8 Å². The van der Waals surface area contributed by atoms with Gasteiger partial charge in [0.1, 0.15) is 5.82 Å². The molecule has 1 N–H and O–H groups in total. The molecule has 3 aromatic rings. The van der Waals surface area contributed by atoms with Crippen molar-refractivity contribution in [1.82, 2.24) is 19.6 Å². The summed E-state index contributed by atoms with van der Waals surface area (Å²) in [5.41, 5.74) is 4.19. The van der Waals surface area contributed by atoms with E-state index >= 15 is 0 Å². The van der Waals surface area contributed by atoms with E-state index < -0.39 is 0 Å². The van der Waals surface area contributed by atoms with Gasteiger partial charge >= 0.3 is 0 Å². The molecule has 5 rings (SSSR count). The second-order valence-electron chi connectivity index (χ2n) is 8.50. The van der Waals surface area contributed by atoms with Crippen LogP contribution in [-0.2, 0) is 13.5 Å². The minimum atomic E-state index is -0.250.